The zero-order chi connectivity index (χ0) is 21.9. The maximum atomic E-state index is 9.72. The number of hydrogen-bond donors (Lipinski definition) is 2. The maximum Gasteiger partial charge on any atom is 0.489 e. The van der Waals surface area contributed by atoms with Crippen LogP contribution in [0.4, 0.5) is 17.1 Å². The lowest BCUT2D eigenvalue weighted by Crippen LogP contribution is -2.30. The molecule has 0 aliphatic heterocycles. The molecule has 0 spiro atoms. The van der Waals surface area contributed by atoms with Gasteiger partial charge in [-0.3, -0.25) is 0 Å². The quantitative estimate of drug-likeness (QED) is 0.364. The molecule has 0 unspecified atom stereocenters. The first-order valence-electron chi connectivity index (χ1n) is 10.6. The van der Waals surface area contributed by atoms with Crippen molar-refractivity contribution in [2.24, 2.45) is 0 Å². The van der Waals surface area contributed by atoms with E-state index in [0.29, 0.717) is 5.46 Å². The van der Waals surface area contributed by atoms with Crippen molar-refractivity contribution in [2.45, 2.75) is 0 Å². The number of para-hydroxylation sites is 1. The second-order valence-corrected chi connectivity index (χ2v) is 7.71. The van der Waals surface area contributed by atoms with Crippen LogP contribution in [0, 0.1) is 0 Å². The van der Waals surface area contributed by atoms with Crippen molar-refractivity contribution >= 4 is 40.4 Å². The highest BCUT2D eigenvalue weighted by atomic mass is 16.4. The zero-order valence-corrected chi connectivity index (χ0v) is 17.5. The van der Waals surface area contributed by atoms with E-state index >= 15 is 0 Å². The first kappa shape index (κ1) is 20.1. The Morgan fingerprint density at radius 2 is 1.09 bits per heavy atom. The number of anilines is 3. The summed E-state index contributed by atoms with van der Waals surface area (Å²) in [6.45, 7) is 0. The lowest BCUT2D eigenvalue weighted by atomic mass is 9.77. The van der Waals surface area contributed by atoms with E-state index < -0.39 is 7.12 Å². The van der Waals surface area contributed by atoms with Crippen molar-refractivity contribution in [3.05, 3.63) is 121 Å². The first-order valence-corrected chi connectivity index (χ1v) is 10.6. The molecule has 0 bridgehead atoms. The van der Waals surface area contributed by atoms with Gasteiger partial charge in [-0.1, -0.05) is 84.9 Å². The van der Waals surface area contributed by atoms with Gasteiger partial charge in [0.15, 0.2) is 0 Å². The normalized spacial score (nSPS) is 10.8. The molecule has 0 aliphatic carbocycles. The van der Waals surface area contributed by atoms with Crippen LogP contribution in [0.1, 0.15) is 0 Å². The van der Waals surface area contributed by atoms with Crippen LogP contribution >= 0.6 is 0 Å². The SMILES string of the molecule is OB(O)c1cccc2cc(N(c3ccccc3)c3ccc(-c4ccccc4)cc3)ccc12. The van der Waals surface area contributed by atoms with E-state index in [2.05, 4.69) is 59.5 Å². The van der Waals surface area contributed by atoms with Gasteiger partial charge in [-0.25, -0.2) is 0 Å². The molecule has 0 saturated carbocycles. The second-order valence-electron chi connectivity index (χ2n) is 7.71. The summed E-state index contributed by atoms with van der Waals surface area (Å²) in [5.41, 5.74) is 5.97. The Morgan fingerprint density at radius 1 is 0.500 bits per heavy atom. The van der Waals surface area contributed by atoms with E-state index in [4.69, 9.17) is 0 Å². The van der Waals surface area contributed by atoms with Crippen molar-refractivity contribution < 1.29 is 10.0 Å². The largest absolute Gasteiger partial charge is 0.489 e. The minimum Gasteiger partial charge on any atom is -0.423 e. The van der Waals surface area contributed by atoms with Gasteiger partial charge in [-0.2, -0.15) is 0 Å². The Morgan fingerprint density at radius 3 is 1.78 bits per heavy atom. The fourth-order valence-electron chi connectivity index (χ4n) is 4.12. The Labute approximate surface area is 188 Å². The highest BCUT2D eigenvalue weighted by Gasteiger charge is 2.17. The molecule has 0 atom stereocenters. The van der Waals surface area contributed by atoms with E-state index in [1.165, 1.54) is 11.1 Å². The maximum absolute atomic E-state index is 9.72. The summed E-state index contributed by atoms with van der Waals surface area (Å²) < 4.78 is 0. The van der Waals surface area contributed by atoms with Crippen molar-refractivity contribution in [1.29, 1.82) is 0 Å². The van der Waals surface area contributed by atoms with Gasteiger partial charge in [0.1, 0.15) is 0 Å². The Kier molecular flexibility index (Phi) is 5.47. The van der Waals surface area contributed by atoms with Gasteiger partial charge in [-0.15, -0.1) is 0 Å². The van der Waals surface area contributed by atoms with E-state index in [0.717, 1.165) is 27.8 Å². The van der Waals surface area contributed by atoms with Crippen LogP contribution in [0.3, 0.4) is 0 Å². The average molecular weight is 415 g/mol. The molecule has 32 heavy (non-hydrogen) atoms. The zero-order valence-electron chi connectivity index (χ0n) is 17.5. The summed E-state index contributed by atoms with van der Waals surface area (Å²) in [5, 5.41) is 21.2. The average Bonchev–Trinajstić information content (AvgIpc) is 2.85. The third-order valence-electron chi connectivity index (χ3n) is 5.68. The lowest BCUT2D eigenvalue weighted by molar-refractivity contribution is 0.426. The van der Waals surface area contributed by atoms with Crippen LogP contribution < -0.4 is 10.4 Å². The molecule has 5 aromatic rings. The summed E-state index contributed by atoms with van der Waals surface area (Å²) >= 11 is 0. The number of rotatable bonds is 5. The van der Waals surface area contributed by atoms with Gasteiger partial charge < -0.3 is 14.9 Å². The molecule has 5 rings (SSSR count). The molecule has 0 aromatic heterocycles. The van der Waals surface area contributed by atoms with E-state index in [1.807, 2.05) is 60.7 Å². The highest BCUT2D eigenvalue weighted by Crippen LogP contribution is 2.36. The lowest BCUT2D eigenvalue weighted by Gasteiger charge is -2.26. The van der Waals surface area contributed by atoms with Gasteiger partial charge in [0, 0.05) is 17.1 Å². The van der Waals surface area contributed by atoms with Gasteiger partial charge >= 0.3 is 7.12 Å². The summed E-state index contributed by atoms with van der Waals surface area (Å²) in [6.07, 6.45) is 0. The Bertz CT molecular complexity index is 1340. The number of hydrogen-bond acceptors (Lipinski definition) is 3. The van der Waals surface area contributed by atoms with Crippen molar-refractivity contribution in [3.63, 3.8) is 0 Å². The van der Waals surface area contributed by atoms with E-state index in [-0.39, 0.29) is 0 Å². The van der Waals surface area contributed by atoms with Crippen LogP contribution in [0.25, 0.3) is 21.9 Å². The summed E-state index contributed by atoms with van der Waals surface area (Å²) in [7, 11) is -1.50. The number of nitrogens with zero attached hydrogens (tertiary/aromatic N) is 1. The van der Waals surface area contributed by atoms with Crippen LogP contribution in [0.15, 0.2) is 121 Å². The van der Waals surface area contributed by atoms with Crippen molar-refractivity contribution in [3.8, 4) is 11.1 Å². The number of fused-ring (bicyclic) bond motifs is 1. The van der Waals surface area contributed by atoms with Crippen LogP contribution in [-0.4, -0.2) is 17.2 Å². The predicted molar refractivity (Wildman–Crippen MR) is 134 cm³/mol. The second kappa shape index (κ2) is 8.71. The molecule has 0 radical (unpaired) electrons. The summed E-state index contributed by atoms with van der Waals surface area (Å²) in [4.78, 5) is 2.20. The monoisotopic (exact) mass is 415 g/mol. The molecular formula is C28H22BNO2. The number of benzene rings is 5. The standard InChI is InChI=1S/C28H22BNO2/c31-29(32)28-13-7-10-23-20-26(18-19-27(23)28)30(24-11-5-2-6-12-24)25-16-14-22(15-17-25)21-8-3-1-4-9-21/h1-20,31-32H. The van der Waals surface area contributed by atoms with Crippen LogP contribution in [-0.2, 0) is 0 Å². The smallest absolute Gasteiger partial charge is 0.423 e. The van der Waals surface area contributed by atoms with Gasteiger partial charge in [0.2, 0.25) is 0 Å². The molecule has 0 aliphatic rings. The molecule has 3 nitrogen and oxygen atoms in total. The fourth-order valence-corrected chi connectivity index (χ4v) is 4.12. The predicted octanol–water partition coefficient (Wildman–Crippen LogP) is 5.66. The van der Waals surface area contributed by atoms with Crippen LogP contribution in [0.2, 0.25) is 0 Å². The molecule has 0 fully saturated rings. The van der Waals surface area contributed by atoms with E-state index in [1.54, 1.807) is 6.07 Å². The fraction of sp³-hybridized carbons (Fsp3) is 0. The van der Waals surface area contributed by atoms with E-state index in [9.17, 15) is 10.0 Å². The summed E-state index contributed by atoms with van der Waals surface area (Å²) in [6, 6.07) is 40.8. The molecule has 4 heteroatoms. The van der Waals surface area contributed by atoms with Crippen molar-refractivity contribution in [1.82, 2.24) is 0 Å². The Balaban J connectivity index is 1.61. The minimum atomic E-state index is -1.50. The van der Waals surface area contributed by atoms with Gasteiger partial charge in [-0.05, 0) is 63.8 Å². The van der Waals surface area contributed by atoms with Crippen molar-refractivity contribution in [2.75, 3.05) is 4.90 Å². The summed E-state index contributed by atoms with van der Waals surface area (Å²) in [5.74, 6) is 0. The third kappa shape index (κ3) is 3.90. The Hall–Kier alpha value is -3.86. The van der Waals surface area contributed by atoms with Crippen LogP contribution in [0.5, 0.6) is 0 Å². The highest BCUT2D eigenvalue weighted by molar-refractivity contribution is 6.62. The molecule has 0 heterocycles. The topological polar surface area (TPSA) is 43.7 Å². The molecule has 0 amide bonds. The molecule has 5 aromatic carbocycles. The molecular weight excluding hydrogens is 393 g/mol. The van der Waals surface area contributed by atoms with Gasteiger partial charge in [0.05, 0.1) is 0 Å². The molecule has 0 saturated heterocycles. The first-order chi connectivity index (χ1) is 15.7. The third-order valence-corrected chi connectivity index (χ3v) is 5.68. The molecule has 2 N–H and O–H groups in total. The molecule has 154 valence electrons. The van der Waals surface area contributed by atoms with Gasteiger partial charge in [0.25, 0.3) is 0 Å². The minimum absolute atomic E-state index is 0.507.